The van der Waals surface area contributed by atoms with Crippen molar-refractivity contribution in [3.05, 3.63) is 28.2 Å². The minimum Gasteiger partial charge on any atom is -0.462 e. The number of carbonyl (C=O) groups is 2. The topological polar surface area (TPSA) is 86.6 Å². The number of ether oxygens (including phenoxy) is 2. The largest absolute Gasteiger partial charge is 0.462 e. The molecule has 0 aliphatic rings. The summed E-state index contributed by atoms with van der Waals surface area (Å²) in [6.07, 6.45) is 9.07. The summed E-state index contributed by atoms with van der Waals surface area (Å²) in [5, 5.41) is 2.46. The Morgan fingerprint density at radius 3 is 2.29 bits per heavy atom. The molecule has 0 aromatic carbocycles. The van der Waals surface area contributed by atoms with E-state index in [1.807, 2.05) is 0 Å². The first kappa shape index (κ1) is 23.7. The molecule has 0 fully saturated rings. The first-order chi connectivity index (χ1) is 13.2. The van der Waals surface area contributed by atoms with Crippen molar-refractivity contribution in [3.8, 4) is 0 Å². The van der Waals surface area contributed by atoms with Crippen LogP contribution in [-0.4, -0.2) is 28.8 Å². The molecule has 1 aromatic heterocycles. The third-order valence-corrected chi connectivity index (χ3v) is 3.98. The van der Waals surface area contributed by atoms with Crippen LogP contribution >= 0.6 is 0 Å². The molecule has 158 valence electrons. The lowest BCUT2D eigenvalue weighted by Gasteiger charge is -2.20. The fourth-order valence-electron chi connectivity index (χ4n) is 2.69. The van der Waals surface area contributed by atoms with E-state index in [4.69, 9.17) is 9.47 Å². The summed E-state index contributed by atoms with van der Waals surface area (Å²) < 4.78 is 11.9. The van der Waals surface area contributed by atoms with Crippen molar-refractivity contribution < 1.29 is 19.1 Å². The van der Waals surface area contributed by atoms with Crippen LogP contribution in [0.3, 0.4) is 0 Å². The van der Waals surface area contributed by atoms with Crippen molar-refractivity contribution in [2.24, 2.45) is 0 Å². The molecule has 0 unspecified atom stereocenters. The van der Waals surface area contributed by atoms with Gasteiger partial charge in [-0.25, -0.2) is 9.59 Å². The van der Waals surface area contributed by atoms with Gasteiger partial charge >= 0.3 is 12.1 Å². The smallest absolute Gasteiger partial charge is 0.412 e. The highest BCUT2D eigenvalue weighted by Gasteiger charge is 2.20. The van der Waals surface area contributed by atoms with Crippen LogP contribution in [0.25, 0.3) is 0 Å². The van der Waals surface area contributed by atoms with E-state index < -0.39 is 23.1 Å². The Hall–Kier alpha value is -2.31. The van der Waals surface area contributed by atoms with E-state index in [-0.39, 0.29) is 17.9 Å². The van der Waals surface area contributed by atoms with Gasteiger partial charge in [-0.3, -0.25) is 10.1 Å². The molecular formula is C21H34N2O5. The zero-order valence-corrected chi connectivity index (χ0v) is 17.8. The van der Waals surface area contributed by atoms with Crippen molar-refractivity contribution in [2.45, 2.75) is 85.3 Å². The van der Waals surface area contributed by atoms with Crippen LogP contribution in [0.15, 0.2) is 17.2 Å². The molecule has 0 aliphatic heterocycles. The Morgan fingerprint density at radius 2 is 1.68 bits per heavy atom. The van der Waals surface area contributed by atoms with Gasteiger partial charge in [-0.05, 0) is 34.1 Å². The van der Waals surface area contributed by atoms with E-state index in [0.29, 0.717) is 6.54 Å². The number of aryl methyl sites for hydroxylation is 1. The SMILES string of the molecule is CCCCCCCCn1cc(NC(=O)OC(C)(C)C)c(=O)c(C(=O)OCC)c1. The maximum absolute atomic E-state index is 12.6. The third kappa shape index (κ3) is 8.59. The standard InChI is InChI=1S/C21H34N2O5/c1-6-8-9-10-11-12-13-23-14-16(19(25)27-7-2)18(24)17(15-23)22-20(26)28-21(3,4)5/h14-15H,6-13H2,1-5H3,(H,22,26). The lowest BCUT2D eigenvalue weighted by atomic mass is 10.1. The second kappa shape index (κ2) is 11.5. The molecular weight excluding hydrogens is 360 g/mol. The Kier molecular flexibility index (Phi) is 9.76. The molecule has 7 heteroatoms. The number of anilines is 1. The van der Waals surface area contributed by atoms with Gasteiger partial charge in [0.1, 0.15) is 16.9 Å². The van der Waals surface area contributed by atoms with Gasteiger partial charge in [-0.2, -0.15) is 0 Å². The molecule has 1 amide bonds. The van der Waals surface area contributed by atoms with Gasteiger partial charge < -0.3 is 14.0 Å². The number of hydrogen-bond donors (Lipinski definition) is 1. The zero-order chi connectivity index (χ0) is 21.2. The average molecular weight is 395 g/mol. The van der Waals surface area contributed by atoms with Crippen LogP contribution in [-0.2, 0) is 16.0 Å². The summed E-state index contributed by atoms with van der Waals surface area (Å²) in [4.78, 5) is 36.8. The number of pyridine rings is 1. The summed E-state index contributed by atoms with van der Waals surface area (Å²) in [5.41, 5.74) is -1.36. The summed E-state index contributed by atoms with van der Waals surface area (Å²) >= 11 is 0. The highest BCUT2D eigenvalue weighted by molar-refractivity contribution is 5.92. The average Bonchev–Trinajstić information content (AvgIpc) is 2.59. The molecule has 28 heavy (non-hydrogen) atoms. The van der Waals surface area contributed by atoms with E-state index in [2.05, 4.69) is 12.2 Å². The number of nitrogens with one attached hydrogen (secondary N) is 1. The first-order valence-electron chi connectivity index (χ1n) is 10.1. The fourth-order valence-corrected chi connectivity index (χ4v) is 2.69. The number of nitrogens with zero attached hydrogens (tertiary/aromatic N) is 1. The number of hydrogen-bond acceptors (Lipinski definition) is 5. The van der Waals surface area contributed by atoms with Gasteiger partial charge in [0.05, 0.1) is 6.61 Å². The monoisotopic (exact) mass is 394 g/mol. The van der Waals surface area contributed by atoms with Gasteiger partial charge in [0.2, 0.25) is 5.43 Å². The number of aromatic nitrogens is 1. The second-order valence-electron chi connectivity index (χ2n) is 7.77. The number of rotatable bonds is 10. The van der Waals surface area contributed by atoms with Crippen LogP contribution in [0, 0.1) is 0 Å². The first-order valence-corrected chi connectivity index (χ1v) is 10.1. The molecule has 1 heterocycles. The number of unbranched alkanes of at least 4 members (excludes halogenated alkanes) is 5. The van der Waals surface area contributed by atoms with E-state index in [1.54, 1.807) is 38.5 Å². The Bertz CT molecular complexity index is 704. The Morgan fingerprint density at radius 1 is 1.04 bits per heavy atom. The minimum atomic E-state index is -0.739. The number of esters is 1. The predicted molar refractivity (Wildman–Crippen MR) is 110 cm³/mol. The molecule has 0 aliphatic carbocycles. The van der Waals surface area contributed by atoms with Crippen LogP contribution in [0.1, 0.15) is 83.5 Å². The Labute approximate surface area is 167 Å². The molecule has 1 N–H and O–H groups in total. The lowest BCUT2D eigenvalue weighted by molar-refractivity contribution is 0.0522. The highest BCUT2D eigenvalue weighted by atomic mass is 16.6. The van der Waals surface area contributed by atoms with E-state index in [0.717, 1.165) is 19.3 Å². The molecule has 7 nitrogen and oxygen atoms in total. The Balaban J connectivity index is 2.96. The van der Waals surface area contributed by atoms with Gasteiger partial charge in [0, 0.05) is 18.9 Å². The number of carbonyl (C=O) groups excluding carboxylic acids is 2. The van der Waals surface area contributed by atoms with Crippen LogP contribution in [0.5, 0.6) is 0 Å². The molecule has 0 radical (unpaired) electrons. The van der Waals surface area contributed by atoms with Crippen molar-refractivity contribution in [3.63, 3.8) is 0 Å². The van der Waals surface area contributed by atoms with Crippen molar-refractivity contribution >= 4 is 17.7 Å². The quantitative estimate of drug-likeness (QED) is 0.458. The molecule has 0 spiro atoms. The van der Waals surface area contributed by atoms with Gasteiger partial charge in [0.25, 0.3) is 0 Å². The van der Waals surface area contributed by atoms with Crippen LogP contribution < -0.4 is 10.7 Å². The van der Waals surface area contributed by atoms with Crippen molar-refractivity contribution in [1.82, 2.24) is 4.57 Å². The summed E-state index contributed by atoms with van der Waals surface area (Å²) in [7, 11) is 0. The lowest BCUT2D eigenvalue weighted by Crippen LogP contribution is -2.30. The van der Waals surface area contributed by atoms with Crippen molar-refractivity contribution in [1.29, 1.82) is 0 Å². The zero-order valence-electron chi connectivity index (χ0n) is 17.8. The van der Waals surface area contributed by atoms with Gasteiger partial charge in [0.15, 0.2) is 0 Å². The third-order valence-electron chi connectivity index (χ3n) is 3.98. The maximum atomic E-state index is 12.6. The normalized spacial score (nSPS) is 11.2. The summed E-state index contributed by atoms with van der Waals surface area (Å²) in [6.45, 7) is 9.86. The van der Waals surface area contributed by atoms with Gasteiger partial charge in [-0.15, -0.1) is 0 Å². The number of amides is 1. The molecule has 1 rings (SSSR count). The van der Waals surface area contributed by atoms with Crippen LogP contribution in [0.4, 0.5) is 10.5 Å². The van der Waals surface area contributed by atoms with Crippen molar-refractivity contribution in [2.75, 3.05) is 11.9 Å². The van der Waals surface area contributed by atoms with E-state index >= 15 is 0 Å². The van der Waals surface area contributed by atoms with Crippen LogP contribution in [0.2, 0.25) is 0 Å². The fraction of sp³-hybridized carbons (Fsp3) is 0.667. The molecule has 0 saturated heterocycles. The van der Waals surface area contributed by atoms with E-state index in [1.165, 1.54) is 25.5 Å². The predicted octanol–water partition coefficient (Wildman–Crippen LogP) is 4.73. The van der Waals surface area contributed by atoms with Gasteiger partial charge in [-0.1, -0.05) is 39.0 Å². The molecule has 0 bridgehead atoms. The molecule has 0 saturated carbocycles. The highest BCUT2D eigenvalue weighted by Crippen LogP contribution is 2.12. The summed E-state index contributed by atoms with van der Waals surface area (Å²) in [6, 6.07) is 0. The second-order valence-corrected chi connectivity index (χ2v) is 7.77. The summed E-state index contributed by atoms with van der Waals surface area (Å²) in [5.74, 6) is -0.697. The minimum absolute atomic E-state index is 0.00536. The molecule has 0 atom stereocenters. The maximum Gasteiger partial charge on any atom is 0.412 e. The molecule has 1 aromatic rings. The van der Waals surface area contributed by atoms with E-state index in [9.17, 15) is 14.4 Å².